The summed E-state index contributed by atoms with van der Waals surface area (Å²) in [6, 6.07) is 11.6. The van der Waals surface area contributed by atoms with Crippen LogP contribution in [0.3, 0.4) is 0 Å². The summed E-state index contributed by atoms with van der Waals surface area (Å²) in [5.74, 6) is 0.0222. The van der Waals surface area contributed by atoms with Crippen molar-refractivity contribution >= 4 is 23.4 Å². The molecule has 0 bridgehead atoms. The van der Waals surface area contributed by atoms with Gasteiger partial charge in [0.25, 0.3) is 11.8 Å². The first kappa shape index (κ1) is 20.2. The van der Waals surface area contributed by atoms with Crippen LogP contribution in [0.25, 0.3) is 11.3 Å². The third kappa shape index (κ3) is 4.33. The van der Waals surface area contributed by atoms with E-state index in [9.17, 15) is 9.59 Å². The highest BCUT2D eigenvalue weighted by Gasteiger charge is 2.23. The number of hydrogen-bond donors (Lipinski definition) is 2. The summed E-state index contributed by atoms with van der Waals surface area (Å²) >= 11 is 6.20. The smallest absolute Gasteiger partial charge is 0.275 e. The zero-order valence-electron chi connectivity index (χ0n) is 15.9. The molecule has 29 heavy (non-hydrogen) atoms. The lowest BCUT2D eigenvalue weighted by molar-refractivity contribution is 0.0845. The normalized spacial score (nSPS) is 10.3. The molecule has 0 saturated carbocycles. The topological polar surface area (TPSA) is 103 Å². The van der Waals surface area contributed by atoms with Gasteiger partial charge in [-0.3, -0.25) is 20.4 Å². The first-order valence-electron chi connectivity index (χ1n) is 8.49. The van der Waals surface area contributed by atoms with E-state index in [-0.39, 0.29) is 22.6 Å². The summed E-state index contributed by atoms with van der Waals surface area (Å²) in [4.78, 5) is 25.1. The zero-order chi connectivity index (χ0) is 21.0. The Morgan fingerprint density at radius 2 is 1.62 bits per heavy atom. The highest BCUT2D eigenvalue weighted by Crippen LogP contribution is 2.30. The summed E-state index contributed by atoms with van der Waals surface area (Å²) in [5, 5.41) is 4.35. The van der Waals surface area contributed by atoms with Gasteiger partial charge in [-0.05, 0) is 25.1 Å². The van der Waals surface area contributed by atoms with E-state index in [1.807, 2.05) is 0 Å². The van der Waals surface area contributed by atoms with E-state index in [4.69, 9.17) is 25.6 Å². The van der Waals surface area contributed by atoms with Gasteiger partial charge in [0.15, 0.2) is 0 Å². The molecule has 0 aliphatic heterocycles. The Bertz CT molecular complexity index is 1040. The van der Waals surface area contributed by atoms with Gasteiger partial charge >= 0.3 is 0 Å². The number of benzene rings is 2. The monoisotopic (exact) mass is 415 g/mol. The molecule has 0 saturated heterocycles. The van der Waals surface area contributed by atoms with E-state index in [2.05, 4.69) is 16.0 Å². The van der Waals surface area contributed by atoms with Crippen LogP contribution in [0.2, 0.25) is 5.02 Å². The zero-order valence-corrected chi connectivity index (χ0v) is 16.7. The number of amides is 2. The SMILES string of the molecule is COc1cc(OC)cc(C(=O)NNC(=O)c2c(-c3ccccc3Cl)noc2C)c1. The molecule has 2 amide bonds. The fourth-order valence-corrected chi connectivity index (χ4v) is 2.89. The fraction of sp³-hybridized carbons (Fsp3) is 0.150. The van der Waals surface area contributed by atoms with E-state index in [0.29, 0.717) is 22.1 Å². The van der Waals surface area contributed by atoms with Gasteiger partial charge in [-0.15, -0.1) is 0 Å². The third-order valence-corrected chi connectivity index (χ3v) is 4.45. The number of rotatable bonds is 5. The number of ether oxygens (including phenoxy) is 2. The van der Waals surface area contributed by atoms with Crippen molar-refractivity contribution in [3.63, 3.8) is 0 Å². The average Bonchev–Trinajstić information content (AvgIpc) is 3.12. The molecule has 0 spiro atoms. The quantitative estimate of drug-likeness (QED) is 0.619. The molecule has 2 N–H and O–H groups in total. The molecule has 3 aromatic rings. The van der Waals surface area contributed by atoms with Crippen LogP contribution in [-0.4, -0.2) is 31.2 Å². The standard InChI is InChI=1S/C20H18ClN3O5/c1-11-17(18(24-29-11)15-6-4-5-7-16(15)21)20(26)23-22-19(25)12-8-13(27-2)10-14(9-12)28-3/h4-10H,1-3H3,(H,22,25)(H,23,26). The Balaban J connectivity index is 1.80. The fourth-order valence-electron chi connectivity index (χ4n) is 2.66. The van der Waals surface area contributed by atoms with Gasteiger partial charge in [-0.1, -0.05) is 35.0 Å². The molecule has 0 unspecified atom stereocenters. The van der Waals surface area contributed by atoms with Gasteiger partial charge in [0.2, 0.25) is 0 Å². The van der Waals surface area contributed by atoms with E-state index < -0.39 is 11.8 Å². The number of nitrogens with one attached hydrogen (secondary N) is 2. The average molecular weight is 416 g/mol. The maximum Gasteiger partial charge on any atom is 0.275 e. The number of aromatic nitrogens is 1. The van der Waals surface area contributed by atoms with Crippen molar-refractivity contribution in [3.05, 3.63) is 64.4 Å². The van der Waals surface area contributed by atoms with Crippen LogP contribution in [0, 0.1) is 6.92 Å². The van der Waals surface area contributed by atoms with Gasteiger partial charge in [0.05, 0.1) is 19.2 Å². The Hall–Kier alpha value is -3.52. The second-order valence-electron chi connectivity index (χ2n) is 5.95. The number of carbonyl (C=O) groups excluding carboxylic acids is 2. The van der Waals surface area contributed by atoms with Crippen molar-refractivity contribution in [2.24, 2.45) is 0 Å². The summed E-state index contributed by atoms with van der Waals surface area (Å²) in [7, 11) is 2.95. The number of hydrogen-bond acceptors (Lipinski definition) is 6. The van der Waals surface area contributed by atoms with Gasteiger partial charge in [-0.25, -0.2) is 0 Å². The molecular weight excluding hydrogens is 398 g/mol. The molecule has 150 valence electrons. The molecular formula is C20H18ClN3O5. The van der Waals surface area contributed by atoms with Crippen LogP contribution < -0.4 is 20.3 Å². The van der Waals surface area contributed by atoms with Gasteiger partial charge in [0, 0.05) is 17.2 Å². The Kier molecular flexibility index (Phi) is 6.04. The number of hydrazine groups is 1. The molecule has 8 nitrogen and oxygen atoms in total. The number of aryl methyl sites for hydroxylation is 1. The minimum Gasteiger partial charge on any atom is -0.497 e. The van der Waals surface area contributed by atoms with Crippen LogP contribution in [0.5, 0.6) is 11.5 Å². The highest BCUT2D eigenvalue weighted by atomic mass is 35.5. The second kappa shape index (κ2) is 8.66. The lowest BCUT2D eigenvalue weighted by Crippen LogP contribution is -2.41. The molecule has 1 heterocycles. The summed E-state index contributed by atoms with van der Waals surface area (Å²) in [6.45, 7) is 1.59. The molecule has 0 atom stereocenters. The minimum absolute atomic E-state index is 0.168. The first-order chi connectivity index (χ1) is 13.9. The highest BCUT2D eigenvalue weighted by molar-refractivity contribution is 6.33. The van der Waals surface area contributed by atoms with E-state index in [1.54, 1.807) is 37.3 Å². The first-order valence-corrected chi connectivity index (χ1v) is 8.87. The molecule has 3 rings (SSSR count). The van der Waals surface area contributed by atoms with Gasteiger partial charge in [-0.2, -0.15) is 0 Å². The summed E-state index contributed by atoms with van der Waals surface area (Å²) < 4.78 is 15.4. The van der Waals surface area contributed by atoms with E-state index in [1.165, 1.54) is 26.4 Å². The van der Waals surface area contributed by atoms with Gasteiger partial charge < -0.3 is 14.0 Å². The van der Waals surface area contributed by atoms with Crippen LogP contribution in [0.15, 0.2) is 47.0 Å². The number of nitrogens with zero attached hydrogens (tertiary/aromatic N) is 1. The maximum atomic E-state index is 12.7. The van der Waals surface area contributed by atoms with Crippen molar-refractivity contribution < 1.29 is 23.6 Å². The van der Waals surface area contributed by atoms with Gasteiger partial charge in [0.1, 0.15) is 28.5 Å². The number of carbonyl (C=O) groups is 2. The molecule has 2 aromatic carbocycles. The molecule has 0 aliphatic carbocycles. The molecule has 0 aliphatic rings. The molecule has 0 fully saturated rings. The Morgan fingerprint density at radius 3 is 2.24 bits per heavy atom. The predicted octanol–water partition coefficient (Wildman–Crippen LogP) is 3.40. The predicted molar refractivity (Wildman–Crippen MR) is 106 cm³/mol. The van der Waals surface area contributed by atoms with Crippen molar-refractivity contribution in [1.82, 2.24) is 16.0 Å². The van der Waals surface area contributed by atoms with E-state index >= 15 is 0 Å². The third-order valence-electron chi connectivity index (χ3n) is 4.12. The summed E-state index contributed by atoms with van der Waals surface area (Å²) in [6.07, 6.45) is 0. The van der Waals surface area contributed by atoms with Crippen molar-refractivity contribution in [3.8, 4) is 22.8 Å². The minimum atomic E-state index is -0.595. The van der Waals surface area contributed by atoms with Crippen molar-refractivity contribution in [2.45, 2.75) is 6.92 Å². The van der Waals surface area contributed by atoms with Crippen LogP contribution in [0.4, 0.5) is 0 Å². The second-order valence-corrected chi connectivity index (χ2v) is 6.36. The number of halogens is 1. The van der Waals surface area contributed by atoms with Crippen LogP contribution in [-0.2, 0) is 0 Å². The maximum absolute atomic E-state index is 12.7. The lowest BCUT2D eigenvalue weighted by Gasteiger charge is -2.10. The molecule has 1 aromatic heterocycles. The Labute approximate surface area is 171 Å². The largest absolute Gasteiger partial charge is 0.497 e. The van der Waals surface area contributed by atoms with E-state index in [0.717, 1.165) is 0 Å². The van der Waals surface area contributed by atoms with Crippen LogP contribution in [0.1, 0.15) is 26.5 Å². The molecule has 9 heteroatoms. The van der Waals surface area contributed by atoms with Crippen LogP contribution >= 0.6 is 11.6 Å². The lowest BCUT2D eigenvalue weighted by atomic mass is 10.1. The molecule has 0 radical (unpaired) electrons. The van der Waals surface area contributed by atoms with Crippen molar-refractivity contribution in [1.29, 1.82) is 0 Å². The Morgan fingerprint density at radius 1 is 1.00 bits per heavy atom. The number of methoxy groups -OCH3 is 2. The van der Waals surface area contributed by atoms with Crippen molar-refractivity contribution in [2.75, 3.05) is 14.2 Å². The summed E-state index contributed by atoms with van der Waals surface area (Å²) in [5.41, 5.74) is 5.96.